The SMILES string of the molecule is Cc1nnc(N2C(=O)c3oc4ccccc4c(=O)c3[C@H]2c2cccc(Br)c2)s1. The number of hydrogen-bond acceptors (Lipinski definition) is 6. The van der Waals surface area contributed by atoms with Gasteiger partial charge in [0.1, 0.15) is 10.6 Å². The molecule has 1 amide bonds. The quantitative estimate of drug-likeness (QED) is 0.447. The number of para-hydroxylation sites is 1. The van der Waals surface area contributed by atoms with Crippen molar-refractivity contribution in [2.75, 3.05) is 4.90 Å². The van der Waals surface area contributed by atoms with Gasteiger partial charge in [0.2, 0.25) is 10.9 Å². The topological polar surface area (TPSA) is 76.3 Å². The molecule has 0 bridgehead atoms. The van der Waals surface area contributed by atoms with E-state index in [-0.39, 0.29) is 17.1 Å². The normalized spacial score (nSPS) is 16.0. The number of amides is 1. The number of carbonyl (C=O) groups excluding carboxylic acids is 1. The van der Waals surface area contributed by atoms with E-state index < -0.39 is 6.04 Å². The lowest BCUT2D eigenvalue weighted by molar-refractivity contribution is 0.0970. The molecule has 6 nitrogen and oxygen atoms in total. The largest absolute Gasteiger partial charge is 0.450 e. The van der Waals surface area contributed by atoms with Gasteiger partial charge in [-0.3, -0.25) is 14.5 Å². The molecule has 0 saturated carbocycles. The van der Waals surface area contributed by atoms with E-state index in [1.54, 1.807) is 24.3 Å². The van der Waals surface area contributed by atoms with Gasteiger partial charge in [0.25, 0.3) is 5.91 Å². The van der Waals surface area contributed by atoms with Gasteiger partial charge in [0, 0.05) is 4.47 Å². The molecule has 5 rings (SSSR count). The van der Waals surface area contributed by atoms with Crippen molar-refractivity contribution in [2.45, 2.75) is 13.0 Å². The van der Waals surface area contributed by atoms with Gasteiger partial charge in [-0.2, -0.15) is 0 Å². The summed E-state index contributed by atoms with van der Waals surface area (Å²) in [6.45, 7) is 1.82. The standard InChI is InChI=1S/C20H12BrN3O3S/c1-10-22-23-20(28-10)24-16(11-5-4-6-12(21)9-11)15-17(25)13-7-2-3-8-14(13)27-18(15)19(24)26/h2-9,16H,1H3/t16-/m1/s1. The third kappa shape index (κ3) is 2.52. The van der Waals surface area contributed by atoms with E-state index in [9.17, 15) is 9.59 Å². The maximum Gasteiger partial charge on any atom is 0.297 e. The molecule has 0 saturated heterocycles. The first kappa shape index (κ1) is 17.3. The zero-order valence-corrected chi connectivity index (χ0v) is 17.0. The molecule has 0 spiro atoms. The van der Waals surface area contributed by atoms with Crippen molar-refractivity contribution in [3.05, 3.63) is 85.1 Å². The molecule has 28 heavy (non-hydrogen) atoms. The number of aryl methyl sites for hydroxylation is 1. The number of rotatable bonds is 2. The fraction of sp³-hybridized carbons (Fsp3) is 0.100. The molecule has 2 aromatic heterocycles. The van der Waals surface area contributed by atoms with E-state index in [1.165, 1.54) is 16.2 Å². The lowest BCUT2D eigenvalue weighted by atomic mass is 9.99. The third-order valence-corrected chi connectivity index (χ3v) is 5.99. The van der Waals surface area contributed by atoms with Gasteiger partial charge in [0.05, 0.1) is 17.0 Å². The molecule has 0 radical (unpaired) electrons. The van der Waals surface area contributed by atoms with E-state index in [0.29, 0.717) is 21.7 Å². The number of aromatic nitrogens is 2. The minimum Gasteiger partial charge on any atom is -0.450 e. The molecule has 0 N–H and O–H groups in total. The zero-order valence-electron chi connectivity index (χ0n) is 14.5. The molecule has 1 atom stereocenters. The molecule has 0 unspecified atom stereocenters. The molecule has 1 aliphatic heterocycles. The molecule has 0 aliphatic carbocycles. The Morgan fingerprint density at radius 3 is 2.68 bits per heavy atom. The van der Waals surface area contributed by atoms with Crippen molar-refractivity contribution in [2.24, 2.45) is 0 Å². The van der Waals surface area contributed by atoms with Crippen molar-refractivity contribution >= 4 is 49.3 Å². The molecule has 8 heteroatoms. The van der Waals surface area contributed by atoms with E-state index in [0.717, 1.165) is 15.0 Å². The number of hydrogen-bond donors (Lipinski definition) is 0. The van der Waals surface area contributed by atoms with Crippen LogP contribution in [0.15, 0.2) is 62.2 Å². The van der Waals surface area contributed by atoms with Crippen LogP contribution in [0.2, 0.25) is 0 Å². The van der Waals surface area contributed by atoms with Gasteiger partial charge >= 0.3 is 0 Å². The van der Waals surface area contributed by atoms with Crippen LogP contribution >= 0.6 is 27.3 Å². The van der Waals surface area contributed by atoms with Gasteiger partial charge in [0.15, 0.2) is 5.43 Å². The summed E-state index contributed by atoms with van der Waals surface area (Å²) in [6.07, 6.45) is 0. The van der Waals surface area contributed by atoms with Gasteiger partial charge in [-0.1, -0.05) is 51.5 Å². The van der Waals surface area contributed by atoms with Crippen LogP contribution < -0.4 is 10.3 Å². The molecule has 0 fully saturated rings. The van der Waals surface area contributed by atoms with Crippen LogP contribution in [0.5, 0.6) is 0 Å². The summed E-state index contributed by atoms with van der Waals surface area (Å²) < 4.78 is 6.74. The van der Waals surface area contributed by atoms with Crippen LogP contribution in [0.3, 0.4) is 0 Å². The summed E-state index contributed by atoms with van der Waals surface area (Å²) in [5.74, 6) is -0.333. The van der Waals surface area contributed by atoms with Gasteiger partial charge in [-0.05, 0) is 36.8 Å². The minimum absolute atomic E-state index is 0.0570. The Hall–Kier alpha value is -2.84. The van der Waals surface area contributed by atoms with Crippen molar-refractivity contribution < 1.29 is 9.21 Å². The Balaban J connectivity index is 1.84. The first-order chi connectivity index (χ1) is 13.5. The highest BCUT2D eigenvalue weighted by molar-refractivity contribution is 9.10. The van der Waals surface area contributed by atoms with Crippen LogP contribution in [-0.2, 0) is 0 Å². The minimum atomic E-state index is -0.631. The summed E-state index contributed by atoms with van der Waals surface area (Å²) in [6, 6.07) is 13.9. The summed E-state index contributed by atoms with van der Waals surface area (Å²) in [5.41, 5.74) is 1.30. The summed E-state index contributed by atoms with van der Waals surface area (Å²) in [4.78, 5) is 28.1. The summed E-state index contributed by atoms with van der Waals surface area (Å²) in [5, 5.41) is 9.80. The summed E-state index contributed by atoms with van der Waals surface area (Å²) in [7, 11) is 0. The molecule has 4 aromatic rings. The highest BCUT2D eigenvalue weighted by atomic mass is 79.9. The molecule has 3 heterocycles. The van der Waals surface area contributed by atoms with Crippen molar-refractivity contribution in [3.63, 3.8) is 0 Å². The molecule has 2 aromatic carbocycles. The number of benzene rings is 2. The Morgan fingerprint density at radius 2 is 1.93 bits per heavy atom. The van der Waals surface area contributed by atoms with E-state index in [4.69, 9.17) is 4.42 Å². The third-order valence-electron chi connectivity index (χ3n) is 4.66. The van der Waals surface area contributed by atoms with Crippen molar-refractivity contribution in [1.29, 1.82) is 0 Å². The van der Waals surface area contributed by atoms with Crippen LogP contribution in [0, 0.1) is 6.92 Å². The number of carbonyl (C=O) groups is 1. The van der Waals surface area contributed by atoms with E-state index in [1.807, 2.05) is 31.2 Å². The monoisotopic (exact) mass is 453 g/mol. The molecular weight excluding hydrogens is 442 g/mol. The predicted octanol–water partition coefficient (Wildman–Crippen LogP) is 4.47. The van der Waals surface area contributed by atoms with Gasteiger partial charge in [-0.15, -0.1) is 10.2 Å². The maximum atomic E-state index is 13.3. The second-order valence-corrected chi connectivity index (χ2v) is 8.48. The first-order valence-corrected chi connectivity index (χ1v) is 10.1. The van der Waals surface area contributed by atoms with Gasteiger partial charge < -0.3 is 4.42 Å². The lowest BCUT2D eigenvalue weighted by Gasteiger charge is -2.22. The average Bonchev–Trinajstić information content (AvgIpc) is 3.23. The zero-order chi connectivity index (χ0) is 19.4. The number of fused-ring (bicyclic) bond motifs is 2. The lowest BCUT2D eigenvalue weighted by Crippen LogP contribution is -2.29. The predicted molar refractivity (Wildman–Crippen MR) is 110 cm³/mol. The van der Waals surface area contributed by atoms with Crippen LogP contribution in [0.4, 0.5) is 5.13 Å². The van der Waals surface area contributed by atoms with E-state index >= 15 is 0 Å². The van der Waals surface area contributed by atoms with E-state index in [2.05, 4.69) is 26.1 Å². The van der Waals surface area contributed by atoms with Crippen LogP contribution in [0.1, 0.15) is 32.7 Å². The Morgan fingerprint density at radius 1 is 1.11 bits per heavy atom. The summed E-state index contributed by atoms with van der Waals surface area (Å²) >= 11 is 4.77. The maximum absolute atomic E-state index is 13.3. The highest BCUT2D eigenvalue weighted by Crippen LogP contribution is 2.42. The fourth-order valence-corrected chi connectivity index (χ4v) is 4.62. The number of anilines is 1. The van der Waals surface area contributed by atoms with Crippen LogP contribution in [0.25, 0.3) is 11.0 Å². The smallest absolute Gasteiger partial charge is 0.297 e. The second-order valence-electron chi connectivity index (χ2n) is 6.41. The van der Waals surface area contributed by atoms with Crippen LogP contribution in [-0.4, -0.2) is 16.1 Å². The average molecular weight is 454 g/mol. The van der Waals surface area contributed by atoms with Crippen molar-refractivity contribution in [3.8, 4) is 0 Å². The number of nitrogens with zero attached hydrogens (tertiary/aromatic N) is 3. The number of halogens is 1. The molecule has 1 aliphatic rings. The Labute approximate surface area is 171 Å². The highest BCUT2D eigenvalue weighted by Gasteiger charge is 2.45. The molecular formula is C20H12BrN3O3S. The van der Waals surface area contributed by atoms with Crippen molar-refractivity contribution in [1.82, 2.24) is 10.2 Å². The Kier molecular flexibility index (Phi) is 3.92. The second kappa shape index (κ2) is 6.35. The molecule has 138 valence electrons. The van der Waals surface area contributed by atoms with Gasteiger partial charge in [-0.25, -0.2) is 0 Å². The first-order valence-electron chi connectivity index (χ1n) is 8.49. The Bertz CT molecular complexity index is 1310. The fourth-order valence-electron chi connectivity index (χ4n) is 3.49.